The van der Waals surface area contributed by atoms with Gasteiger partial charge >= 0.3 is 0 Å². The van der Waals surface area contributed by atoms with Gasteiger partial charge < -0.3 is 29.7 Å². The Morgan fingerprint density at radius 3 is 2.50 bits per heavy atom. The van der Waals surface area contributed by atoms with E-state index >= 15 is 0 Å². The average Bonchev–Trinajstić information content (AvgIpc) is 2.55. The van der Waals surface area contributed by atoms with Crippen molar-refractivity contribution in [1.29, 1.82) is 0 Å². The van der Waals surface area contributed by atoms with Crippen LogP contribution < -0.4 is 5.32 Å². The van der Waals surface area contributed by atoms with E-state index in [9.17, 15) is 10.2 Å². The van der Waals surface area contributed by atoms with Gasteiger partial charge in [0.2, 0.25) is 0 Å². The topological polar surface area (TPSA) is 80.2 Å². The lowest BCUT2D eigenvalue weighted by Crippen LogP contribution is -2.61. The van der Waals surface area contributed by atoms with Gasteiger partial charge in [-0.25, -0.2) is 0 Å². The Morgan fingerprint density at radius 2 is 1.80 bits per heavy atom. The summed E-state index contributed by atoms with van der Waals surface area (Å²) in [5, 5.41) is 23.5. The largest absolute Gasteiger partial charge is 0.387 e. The first kappa shape index (κ1) is 16.1. The molecule has 3 aliphatic rings. The molecule has 3 rings (SSSR count). The minimum Gasteiger partial charge on any atom is -0.387 e. The highest BCUT2D eigenvalue weighted by atomic mass is 16.7. The molecule has 0 spiro atoms. The number of aliphatic hydroxyl groups excluding tert-OH is 2. The molecule has 0 radical (unpaired) electrons. The molecule has 0 aromatic rings. The Kier molecular flexibility index (Phi) is 5.77. The van der Waals surface area contributed by atoms with Crippen LogP contribution in [0.4, 0.5) is 0 Å². The van der Waals surface area contributed by atoms with Crippen molar-refractivity contribution in [2.75, 3.05) is 19.8 Å². The van der Waals surface area contributed by atoms with Gasteiger partial charge in [0, 0.05) is 19.2 Å². The second-order valence-corrected chi connectivity index (χ2v) is 6.02. The Morgan fingerprint density at radius 1 is 1.10 bits per heavy atom. The van der Waals surface area contributed by atoms with Gasteiger partial charge in [-0.1, -0.05) is 13.8 Å². The number of hydrogen-bond acceptors (Lipinski definition) is 6. The number of fused-ring (bicyclic) bond motifs is 6. The number of rotatable bonds is 4. The van der Waals surface area contributed by atoms with Gasteiger partial charge in [0.25, 0.3) is 0 Å². The van der Waals surface area contributed by atoms with Gasteiger partial charge in [-0.15, -0.1) is 0 Å². The molecule has 2 bridgehead atoms. The molecule has 6 nitrogen and oxygen atoms in total. The van der Waals surface area contributed by atoms with Crippen LogP contribution in [0.2, 0.25) is 0 Å². The van der Waals surface area contributed by atoms with Crippen LogP contribution in [0.25, 0.3) is 0 Å². The van der Waals surface area contributed by atoms with E-state index < -0.39 is 24.6 Å². The minimum atomic E-state index is -1.06. The van der Waals surface area contributed by atoms with E-state index in [1.165, 1.54) is 0 Å². The zero-order valence-electron chi connectivity index (χ0n) is 12.5. The van der Waals surface area contributed by atoms with Gasteiger partial charge in [-0.3, -0.25) is 0 Å². The molecule has 20 heavy (non-hydrogen) atoms. The first-order valence-corrected chi connectivity index (χ1v) is 7.49. The van der Waals surface area contributed by atoms with Crippen LogP contribution in [-0.4, -0.2) is 66.7 Å². The van der Waals surface area contributed by atoms with Crippen molar-refractivity contribution in [1.82, 2.24) is 5.32 Å². The van der Waals surface area contributed by atoms with E-state index in [1.807, 2.05) is 0 Å². The monoisotopic (exact) mass is 289 g/mol. The Balaban J connectivity index is 2.00. The molecule has 0 aromatic carbocycles. The SMILES string of the molecule is CC(C)[C@H](C)NCC1OC2OCCCOC1C(O)C2O. The van der Waals surface area contributed by atoms with Crippen LogP contribution in [0.3, 0.4) is 0 Å². The van der Waals surface area contributed by atoms with Crippen molar-refractivity contribution in [2.45, 2.75) is 63.9 Å². The average molecular weight is 289 g/mol. The highest BCUT2D eigenvalue weighted by Crippen LogP contribution is 2.26. The first-order chi connectivity index (χ1) is 9.50. The molecule has 3 saturated heterocycles. The first-order valence-electron chi connectivity index (χ1n) is 7.49. The summed E-state index contributed by atoms with van der Waals surface area (Å²) < 4.78 is 16.9. The fourth-order valence-corrected chi connectivity index (χ4v) is 2.43. The summed E-state index contributed by atoms with van der Waals surface area (Å²) in [7, 11) is 0. The molecule has 0 aliphatic carbocycles. The zero-order valence-corrected chi connectivity index (χ0v) is 12.5. The lowest BCUT2D eigenvalue weighted by atomic mass is 9.98. The number of nitrogens with one attached hydrogen (secondary N) is 1. The van der Waals surface area contributed by atoms with E-state index in [2.05, 4.69) is 26.1 Å². The highest BCUT2D eigenvalue weighted by Gasteiger charge is 2.46. The molecule has 3 N–H and O–H groups in total. The summed E-state index contributed by atoms with van der Waals surface area (Å²) in [5.41, 5.74) is 0. The maximum absolute atomic E-state index is 10.2. The van der Waals surface area contributed by atoms with Crippen molar-refractivity contribution in [3.63, 3.8) is 0 Å². The second-order valence-electron chi connectivity index (χ2n) is 6.02. The minimum absolute atomic E-state index is 0.322. The molecule has 6 atom stereocenters. The molecule has 3 heterocycles. The quantitative estimate of drug-likeness (QED) is 0.669. The summed E-state index contributed by atoms with van der Waals surface area (Å²) in [5.74, 6) is 0.510. The van der Waals surface area contributed by atoms with Gasteiger partial charge in [-0.2, -0.15) is 0 Å². The molecule has 3 aliphatic heterocycles. The van der Waals surface area contributed by atoms with E-state index in [0.29, 0.717) is 31.7 Å². The Bertz CT molecular complexity index is 299. The zero-order chi connectivity index (χ0) is 14.7. The molecule has 118 valence electrons. The van der Waals surface area contributed by atoms with Crippen molar-refractivity contribution < 1.29 is 24.4 Å². The van der Waals surface area contributed by atoms with Gasteiger partial charge in [0.05, 0.1) is 6.61 Å². The standard InChI is InChI=1S/C14H27NO5/c1-8(2)9(3)15-7-10-13-11(16)12(17)14(20-10)19-6-4-5-18-13/h8-17H,4-7H2,1-3H3/t9-,10?,11?,12?,13?,14?/m0/s1. The van der Waals surface area contributed by atoms with Crippen molar-refractivity contribution in [3.8, 4) is 0 Å². The lowest BCUT2D eigenvalue weighted by molar-refractivity contribution is -0.293. The number of hydrogen-bond donors (Lipinski definition) is 3. The van der Waals surface area contributed by atoms with Gasteiger partial charge in [-0.05, 0) is 19.3 Å². The van der Waals surface area contributed by atoms with Gasteiger partial charge in [0.15, 0.2) is 6.29 Å². The summed E-state index contributed by atoms with van der Waals surface area (Å²) >= 11 is 0. The third-order valence-corrected chi connectivity index (χ3v) is 4.16. The molecule has 0 amide bonds. The Labute approximate surface area is 120 Å². The number of aliphatic hydroxyl groups is 2. The van der Waals surface area contributed by atoms with Crippen LogP contribution in [0.1, 0.15) is 27.2 Å². The van der Waals surface area contributed by atoms with Gasteiger partial charge in [0.1, 0.15) is 24.4 Å². The van der Waals surface area contributed by atoms with Crippen LogP contribution in [0.15, 0.2) is 0 Å². The van der Waals surface area contributed by atoms with E-state index in [0.717, 1.165) is 6.42 Å². The third kappa shape index (κ3) is 3.69. The van der Waals surface area contributed by atoms with Crippen molar-refractivity contribution in [2.24, 2.45) is 5.92 Å². The summed E-state index contributed by atoms with van der Waals surface area (Å²) in [6.07, 6.45) is -2.92. The second kappa shape index (κ2) is 7.15. The Hall–Kier alpha value is -0.240. The maximum Gasteiger partial charge on any atom is 0.186 e. The molecular formula is C14H27NO5. The van der Waals surface area contributed by atoms with Crippen LogP contribution in [0.5, 0.6) is 0 Å². The summed E-state index contributed by atoms with van der Waals surface area (Å²) in [4.78, 5) is 0. The van der Waals surface area contributed by atoms with Crippen molar-refractivity contribution in [3.05, 3.63) is 0 Å². The van der Waals surface area contributed by atoms with Crippen LogP contribution >= 0.6 is 0 Å². The maximum atomic E-state index is 10.2. The lowest BCUT2D eigenvalue weighted by Gasteiger charge is -2.41. The summed E-state index contributed by atoms with van der Waals surface area (Å²) in [6.45, 7) is 7.93. The predicted molar refractivity (Wildman–Crippen MR) is 73.3 cm³/mol. The van der Waals surface area contributed by atoms with E-state index in [1.54, 1.807) is 0 Å². The smallest absolute Gasteiger partial charge is 0.186 e. The van der Waals surface area contributed by atoms with E-state index in [-0.39, 0.29) is 6.10 Å². The van der Waals surface area contributed by atoms with Crippen LogP contribution in [-0.2, 0) is 14.2 Å². The third-order valence-electron chi connectivity index (χ3n) is 4.16. The predicted octanol–water partition coefficient (Wildman–Crippen LogP) is -0.127. The van der Waals surface area contributed by atoms with Crippen molar-refractivity contribution >= 4 is 0 Å². The molecule has 0 saturated carbocycles. The molecule has 3 fully saturated rings. The molecule has 6 heteroatoms. The molecule has 0 aromatic heterocycles. The normalized spacial score (nSPS) is 40.2. The van der Waals surface area contributed by atoms with E-state index in [4.69, 9.17) is 14.2 Å². The molecule has 5 unspecified atom stereocenters. The number of ether oxygens (including phenoxy) is 3. The molecular weight excluding hydrogens is 262 g/mol. The summed E-state index contributed by atoms with van der Waals surface area (Å²) in [6, 6.07) is 0.340. The fraction of sp³-hybridized carbons (Fsp3) is 1.00. The fourth-order valence-electron chi connectivity index (χ4n) is 2.43. The highest BCUT2D eigenvalue weighted by molar-refractivity contribution is 4.92. The van der Waals surface area contributed by atoms with Crippen LogP contribution in [0, 0.1) is 5.92 Å².